The molecule has 29 heavy (non-hydrogen) atoms. The van der Waals surface area contributed by atoms with Gasteiger partial charge in [0.1, 0.15) is 5.70 Å². The van der Waals surface area contributed by atoms with E-state index in [9.17, 15) is 9.59 Å². The van der Waals surface area contributed by atoms with Crippen molar-refractivity contribution < 1.29 is 9.59 Å². The molecule has 1 aliphatic rings. The lowest BCUT2D eigenvalue weighted by atomic mass is 9.97. The molecule has 4 nitrogen and oxygen atoms in total. The molecule has 1 N–H and O–H groups in total. The van der Waals surface area contributed by atoms with Crippen molar-refractivity contribution in [3.05, 3.63) is 101 Å². The van der Waals surface area contributed by atoms with Crippen molar-refractivity contribution in [3.63, 3.8) is 0 Å². The van der Waals surface area contributed by atoms with Crippen LogP contribution in [-0.4, -0.2) is 11.8 Å². The van der Waals surface area contributed by atoms with Gasteiger partial charge in [-0.1, -0.05) is 60.2 Å². The van der Waals surface area contributed by atoms with Crippen molar-refractivity contribution in [1.29, 1.82) is 0 Å². The van der Waals surface area contributed by atoms with Crippen LogP contribution in [-0.2, 0) is 9.59 Å². The summed E-state index contributed by atoms with van der Waals surface area (Å²) >= 11 is 0. The van der Waals surface area contributed by atoms with E-state index < -0.39 is 0 Å². The first kappa shape index (κ1) is 18.7. The van der Waals surface area contributed by atoms with Crippen molar-refractivity contribution in [2.75, 3.05) is 10.2 Å². The van der Waals surface area contributed by atoms with Gasteiger partial charge in [0.25, 0.3) is 11.8 Å². The molecule has 0 spiro atoms. The normalized spacial score (nSPS) is 14.0. The first-order valence-electron chi connectivity index (χ1n) is 9.56. The molecule has 0 fully saturated rings. The van der Waals surface area contributed by atoms with Crippen molar-refractivity contribution in [1.82, 2.24) is 0 Å². The van der Waals surface area contributed by atoms with E-state index in [0.717, 1.165) is 27.9 Å². The largest absolute Gasteiger partial charge is 0.350 e. The first-order chi connectivity index (χ1) is 14.0. The molecule has 0 bridgehead atoms. The average Bonchev–Trinajstić information content (AvgIpc) is 2.93. The van der Waals surface area contributed by atoms with Crippen molar-refractivity contribution >= 4 is 28.8 Å². The van der Waals surface area contributed by atoms with Gasteiger partial charge in [0.2, 0.25) is 0 Å². The molecule has 1 heterocycles. The topological polar surface area (TPSA) is 49.4 Å². The molecule has 0 saturated carbocycles. The zero-order chi connectivity index (χ0) is 20.5. The molecule has 0 aromatic heterocycles. The summed E-state index contributed by atoms with van der Waals surface area (Å²) in [6.45, 7) is 5.87. The zero-order valence-corrected chi connectivity index (χ0v) is 16.7. The smallest absolute Gasteiger partial charge is 0.282 e. The maximum Gasteiger partial charge on any atom is 0.282 e. The number of para-hydroxylation sites is 2. The van der Waals surface area contributed by atoms with E-state index in [1.54, 1.807) is 6.07 Å². The Kier molecular flexibility index (Phi) is 4.77. The van der Waals surface area contributed by atoms with Gasteiger partial charge in [-0.3, -0.25) is 9.59 Å². The Hall–Kier alpha value is -3.66. The van der Waals surface area contributed by atoms with Crippen molar-refractivity contribution in [2.24, 2.45) is 0 Å². The molecular weight excluding hydrogens is 360 g/mol. The summed E-state index contributed by atoms with van der Waals surface area (Å²) in [4.78, 5) is 28.2. The SMILES string of the molecule is Cc1ccc(C2=C(Nc3ccccc3)C(=O)N(c3ccccc3C)C2=O)c(C)c1. The van der Waals surface area contributed by atoms with Gasteiger partial charge in [0, 0.05) is 5.69 Å². The van der Waals surface area contributed by atoms with Crippen LogP contribution >= 0.6 is 0 Å². The number of amides is 2. The molecule has 0 unspecified atom stereocenters. The van der Waals surface area contributed by atoms with Crippen LogP contribution in [0.1, 0.15) is 22.3 Å². The molecule has 3 aromatic rings. The fraction of sp³-hybridized carbons (Fsp3) is 0.120. The van der Waals surface area contributed by atoms with Crippen molar-refractivity contribution in [2.45, 2.75) is 20.8 Å². The predicted octanol–water partition coefficient (Wildman–Crippen LogP) is 5.01. The van der Waals surface area contributed by atoms with Gasteiger partial charge in [0.15, 0.2) is 0 Å². The zero-order valence-electron chi connectivity index (χ0n) is 16.7. The number of carbonyl (C=O) groups is 2. The molecule has 4 heteroatoms. The Morgan fingerprint density at radius 1 is 0.724 bits per heavy atom. The van der Waals surface area contributed by atoms with Crippen molar-refractivity contribution in [3.8, 4) is 0 Å². The number of rotatable bonds is 4. The highest BCUT2D eigenvalue weighted by atomic mass is 16.2. The van der Waals surface area contributed by atoms with E-state index in [1.807, 2.05) is 87.5 Å². The molecule has 0 aliphatic carbocycles. The maximum absolute atomic E-state index is 13.5. The van der Waals surface area contributed by atoms with E-state index in [4.69, 9.17) is 0 Å². The minimum atomic E-state index is -0.344. The summed E-state index contributed by atoms with van der Waals surface area (Å²) < 4.78 is 0. The summed E-state index contributed by atoms with van der Waals surface area (Å²) in [5.41, 5.74) is 5.78. The maximum atomic E-state index is 13.5. The second-order valence-corrected chi connectivity index (χ2v) is 7.29. The van der Waals surface area contributed by atoms with Gasteiger partial charge in [-0.15, -0.1) is 0 Å². The lowest BCUT2D eigenvalue weighted by Crippen LogP contribution is -2.33. The van der Waals surface area contributed by atoms with E-state index in [1.165, 1.54) is 4.90 Å². The Balaban J connectivity index is 1.88. The van der Waals surface area contributed by atoms with E-state index in [2.05, 4.69) is 5.32 Å². The predicted molar refractivity (Wildman–Crippen MR) is 117 cm³/mol. The van der Waals surface area contributed by atoms with Crippen LogP contribution in [0.4, 0.5) is 11.4 Å². The van der Waals surface area contributed by atoms with Gasteiger partial charge in [-0.2, -0.15) is 0 Å². The van der Waals surface area contributed by atoms with Gasteiger partial charge >= 0.3 is 0 Å². The second-order valence-electron chi connectivity index (χ2n) is 7.29. The third-order valence-corrected chi connectivity index (χ3v) is 5.13. The number of aryl methyl sites for hydroxylation is 3. The van der Waals surface area contributed by atoms with Crippen LogP contribution in [0.5, 0.6) is 0 Å². The molecular formula is C25H22N2O2. The fourth-order valence-electron chi connectivity index (χ4n) is 3.69. The number of hydrogen-bond donors (Lipinski definition) is 1. The quantitative estimate of drug-likeness (QED) is 0.646. The third-order valence-electron chi connectivity index (χ3n) is 5.13. The Bertz CT molecular complexity index is 1150. The Morgan fingerprint density at radius 2 is 1.41 bits per heavy atom. The number of anilines is 2. The molecule has 0 atom stereocenters. The summed E-state index contributed by atoms with van der Waals surface area (Å²) in [5.74, 6) is -0.655. The number of benzene rings is 3. The van der Waals surface area contributed by atoms with Gasteiger partial charge < -0.3 is 5.32 Å². The van der Waals surface area contributed by atoms with Gasteiger partial charge in [0.05, 0.1) is 11.3 Å². The molecule has 1 aliphatic heterocycles. The average molecular weight is 382 g/mol. The molecule has 0 radical (unpaired) electrons. The van der Waals surface area contributed by atoms with Crippen LogP contribution in [0.15, 0.2) is 78.5 Å². The standard InChI is InChI=1S/C25H22N2O2/c1-16-13-14-20(18(3)15-16)22-23(26-19-10-5-4-6-11-19)25(29)27(24(22)28)21-12-8-7-9-17(21)2/h4-15,26H,1-3H3. The summed E-state index contributed by atoms with van der Waals surface area (Å²) in [5, 5.41) is 3.20. The number of nitrogens with one attached hydrogen (secondary N) is 1. The number of imide groups is 1. The molecule has 144 valence electrons. The molecule has 2 amide bonds. The highest BCUT2D eigenvalue weighted by Gasteiger charge is 2.41. The van der Waals surface area contributed by atoms with Crippen LogP contribution in [0.3, 0.4) is 0 Å². The van der Waals surface area contributed by atoms with Crippen LogP contribution < -0.4 is 10.2 Å². The monoisotopic (exact) mass is 382 g/mol. The summed E-state index contributed by atoms with van der Waals surface area (Å²) in [7, 11) is 0. The Morgan fingerprint density at radius 3 is 2.10 bits per heavy atom. The second kappa shape index (κ2) is 7.40. The highest BCUT2D eigenvalue weighted by molar-refractivity contribution is 6.46. The number of carbonyl (C=O) groups excluding carboxylic acids is 2. The Labute approximate surface area is 170 Å². The van der Waals surface area contributed by atoms with E-state index in [0.29, 0.717) is 17.0 Å². The number of nitrogens with zero attached hydrogens (tertiary/aromatic N) is 1. The minimum absolute atomic E-state index is 0.302. The molecule has 0 saturated heterocycles. The van der Waals surface area contributed by atoms with Crippen LogP contribution in [0.2, 0.25) is 0 Å². The summed E-state index contributed by atoms with van der Waals surface area (Å²) in [6.07, 6.45) is 0. The van der Waals surface area contributed by atoms with E-state index >= 15 is 0 Å². The van der Waals surface area contributed by atoms with Gasteiger partial charge in [-0.25, -0.2) is 4.90 Å². The van der Waals surface area contributed by atoms with Crippen LogP contribution in [0.25, 0.3) is 5.57 Å². The van der Waals surface area contributed by atoms with Gasteiger partial charge in [-0.05, 0) is 55.7 Å². The lowest BCUT2D eigenvalue weighted by Gasteiger charge is -2.17. The lowest BCUT2D eigenvalue weighted by molar-refractivity contribution is -0.120. The highest BCUT2D eigenvalue weighted by Crippen LogP contribution is 2.36. The third kappa shape index (κ3) is 3.34. The molecule has 3 aromatic carbocycles. The number of hydrogen-bond acceptors (Lipinski definition) is 3. The van der Waals surface area contributed by atoms with Crippen LogP contribution in [0, 0.1) is 20.8 Å². The minimum Gasteiger partial charge on any atom is -0.350 e. The van der Waals surface area contributed by atoms with E-state index in [-0.39, 0.29) is 11.8 Å². The molecule has 4 rings (SSSR count). The fourth-order valence-corrected chi connectivity index (χ4v) is 3.69. The first-order valence-corrected chi connectivity index (χ1v) is 9.56. The summed E-state index contributed by atoms with van der Waals surface area (Å²) in [6, 6.07) is 22.8.